The van der Waals surface area contributed by atoms with Crippen LogP contribution in [0.25, 0.3) is 0 Å². The lowest BCUT2D eigenvalue weighted by molar-refractivity contribution is -0.332. The van der Waals surface area contributed by atoms with Crippen molar-refractivity contribution in [1.29, 1.82) is 0 Å². The summed E-state index contributed by atoms with van der Waals surface area (Å²) in [5, 5.41) is 28.4. The van der Waals surface area contributed by atoms with Crippen LogP contribution in [0.1, 0.15) is 93.1 Å². The molecular formula is C49H53NO15. The summed E-state index contributed by atoms with van der Waals surface area (Å²) in [7, 11) is 0. The maximum Gasteiger partial charge on any atom is 0.350 e. The Morgan fingerprint density at radius 1 is 0.846 bits per heavy atom. The fourth-order valence-corrected chi connectivity index (χ4v) is 10.1. The number of Topliss-reactive ketones (excluding diaryl/α,β-unsaturated/α-hetero) is 1. The molecule has 3 N–H and O–H groups in total. The van der Waals surface area contributed by atoms with Crippen molar-refractivity contribution < 1.29 is 72.2 Å². The lowest BCUT2D eigenvalue weighted by atomic mass is 9.48. The van der Waals surface area contributed by atoms with Gasteiger partial charge in [0.1, 0.15) is 30.0 Å². The predicted octanol–water partition coefficient (Wildman–Crippen LogP) is 4.31. The molecule has 1 heterocycles. The van der Waals surface area contributed by atoms with Crippen molar-refractivity contribution in [3.63, 3.8) is 0 Å². The number of carbonyl (C=O) groups excluding carboxylic acids is 7. The average molecular weight is 896 g/mol. The van der Waals surface area contributed by atoms with Gasteiger partial charge in [0.25, 0.3) is 5.91 Å². The molecule has 4 aliphatic rings. The number of esters is 5. The topological polar surface area (TPSA) is 227 Å². The molecule has 0 spiro atoms. The van der Waals surface area contributed by atoms with Crippen molar-refractivity contribution in [3.05, 3.63) is 119 Å². The average Bonchev–Trinajstić information content (AvgIpc) is 3.27. The molecule has 7 rings (SSSR count). The lowest BCUT2D eigenvalue weighted by Crippen LogP contribution is -2.79. The molecular weight excluding hydrogens is 843 g/mol. The van der Waals surface area contributed by atoms with E-state index in [1.807, 2.05) is 0 Å². The molecule has 65 heavy (non-hydrogen) atoms. The number of carbonyl (C=O) groups is 7. The summed E-state index contributed by atoms with van der Waals surface area (Å²) in [4.78, 5) is 97.3. The third-order valence-electron chi connectivity index (χ3n) is 13.4. The van der Waals surface area contributed by atoms with Crippen LogP contribution >= 0.6 is 0 Å². The minimum Gasteiger partial charge on any atom is -0.455 e. The first-order chi connectivity index (χ1) is 30.8. The predicted molar refractivity (Wildman–Crippen MR) is 227 cm³/mol. The molecule has 16 heteroatoms. The highest BCUT2D eigenvalue weighted by Crippen LogP contribution is 2.61. The van der Waals surface area contributed by atoms with Gasteiger partial charge in [-0.1, -0.05) is 87.5 Å². The normalized spacial score (nSPS) is 29.7. The molecule has 344 valence electrons. The van der Waals surface area contributed by atoms with Gasteiger partial charge in [-0.2, -0.15) is 0 Å². The minimum absolute atomic E-state index is 0.0109. The van der Waals surface area contributed by atoms with E-state index < -0.39 is 119 Å². The number of benzene rings is 3. The Morgan fingerprint density at radius 3 is 2.00 bits per heavy atom. The van der Waals surface area contributed by atoms with Crippen molar-refractivity contribution in [3.8, 4) is 0 Å². The van der Waals surface area contributed by atoms with Gasteiger partial charge in [-0.25, -0.2) is 9.59 Å². The van der Waals surface area contributed by atoms with E-state index in [1.54, 1.807) is 92.7 Å². The second-order valence-electron chi connectivity index (χ2n) is 17.6. The molecule has 11 atom stereocenters. The SMILES string of the molecule is CCC(=O)OC(C(=O)OC1C[C@@]2(O)C(OC(=O)c3ccccc3)C3C(C(=O)[C@H](OC(C)=O)C(=C1C)C2(C)C)[C@@H](O)C[C@H]1OC[C@@]31OC(C)=O)C(NC(=O)c1ccccc1)c1ccccc1. The van der Waals surface area contributed by atoms with Gasteiger partial charge in [-0.05, 0) is 47.9 Å². The molecule has 16 nitrogen and oxygen atoms in total. The van der Waals surface area contributed by atoms with Gasteiger partial charge in [0, 0.05) is 44.1 Å². The van der Waals surface area contributed by atoms with Crippen LogP contribution in [0.15, 0.2) is 102 Å². The molecule has 1 aliphatic heterocycles. The fraction of sp³-hybridized carbons (Fsp3) is 0.449. The first kappa shape index (κ1) is 46.8. The van der Waals surface area contributed by atoms with Crippen LogP contribution in [0, 0.1) is 17.3 Å². The van der Waals surface area contributed by atoms with Gasteiger partial charge in [-0.3, -0.25) is 24.0 Å². The van der Waals surface area contributed by atoms with Crippen LogP contribution in [0.2, 0.25) is 0 Å². The monoisotopic (exact) mass is 895 g/mol. The summed E-state index contributed by atoms with van der Waals surface area (Å²) in [5.74, 6) is -9.16. The number of aliphatic hydroxyl groups excluding tert-OH is 1. The summed E-state index contributed by atoms with van der Waals surface area (Å²) < 4.78 is 36.2. The van der Waals surface area contributed by atoms with Crippen molar-refractivity contribution >= 4 is 41.5 Å². The summed E-state index contributed by atoms with van der Waals surface area (Å²) in [6.07, 6.45) is -10.5. The number of ketones is 1. The Morgan fingerprint density at radius 2 is 1.45 bits per heavy atom. The Labute approximate surface area is 375 Å². The Bertz CT molecular complexity index is 2370. The number of nitrogens with one attached hydrogen (secondary N) is 1. The number of amides is 1. The second kappa shape index (κ2) is 18.3. The van der Waals surface area contributed by atoms with Gasteiger partial charge in [0.15, 0.2) is 17.5 Å². The van der Waals surface area contributed by atoms with Crippen LogP contribution in [0.3, 0.4) is 0 Å². The van der Waals surface area contributed by atoms with Crippen LogP contribution in [-0.2, 0) is 52.4 Å². The summed E-state index contributed by atoms with van der Waals surface area (Å²) in [5.41, 5.74) is -5.02. The molecule has 2 bridgehead atoms. The van der Waals surface area contributed by atoms with Crippen molar-refractivity contribution in [1.82, 2.24) is 5.32 Å². The number of rotatable bonds is 12. The standard InChI is InChI=1S/C49H53NO15/c1-7-35(54)63-42(39(29-17-11-8-12-18-29)50-44(56)30-19-13-9-14-20-30)46(58)62-33-24-49(59)43(64-45(57)31-21-15-10-16-22-31)38-36(32(53)23-34-48(38,25-60-34)65-28(4)52)40(55)41(61-27(3)51)37(26(33)2)47(49,5)6/h8-22,32-34,36,38-39,41-43,53,59H,7,23-25H2,1-6H3,(H,50,56)/t32-,33?,34+,36?,38?,39?,41+,42?,43?,48-,49+/m0/s1. The van der Waals surface area contributed by atoms with Crippen LogP contribution < -0.4 is 5.32 Å². The minimum atomic E-state index is -2.40. The molecule has 1 amide bonds. The molecule has 0 aromatic heterocycles. The Kier molecular flexibility index (Phi) is 13.2. The zero-order valence-electron chi connectivity index (χ0n) is 36.9. The largest absolute Gasteiger partial charge is 0.455 e. The summed E-state index contributed by atoms with van der Waals surface area (Å²) in [6.45, 7) is 8.07. The van der Waals surface area contributed by atoms with Gasteiger partial charge < -0.3 is 44.0 Å². The maximum atomic E-state index is 15.3. The Balaban J connectivity index is 1.40. The number of ether oxygens (including phenoxy) is 6. The zero-order chi connectivity index (χ0) is 47.0. The third-order valence-corrected chi connectivity index (χ3v) is 13.4. The Hall–Kier alpha value is -6.23. The highest BCUT2D eigenvalue weighted by atomic mass is 16.6. The molecule has 6 unspecified atom stereocenters. The summed E-state index contributed by atoms with van der Waals surface area (Å²) in [6, 6.07) is 23.0. The van der Waals surface area contributed by atoms with Crippen LogP contribution in [0.5, 0.6) is 0 Å². The summed E-state index contributed by atoms with van der Waals surface area (Å²) >= 11 is 0. The molecule has 2 saturated carbocycles. The second-order valence-corrected chi connectivity index (χ2v) is 17.6. The number of hydrogen-bond donors (Lipinski definition) is 3. The van der Waals surface area contributed by atoms with Crippen molar-refractivity contribution in [2.45, 2.75) is 115 Å². The molecule has 3 aromatic rings. The van der Waals surface area contributed by atoms with Gasteiger partial charge in [0.05, 0.1) is 30.1 Å². The molecule has 3 aliphatic carbocycles. The van der Waals surface area contributed by atoms with Gasteiger partial charge in [0.2, 0.25) is 6.10 Å². The van der Waals surface area contributed by atoms with Crippen molar-refractivity contribution in [2.24, 2.45) is 17.3 Å². The van der Waals surface area contributed by atoms with Crippen LogP contribution in [0.4, 0.5) is 0 Å². The van der Waals surface area contributed by atoms with Crippen LogP contribution in [-0.4, -0.2) is 106 Å². The highest BCUT2D eigenvalue weighted by Gasteiger charge is 2.75. The number of hydrogen-bond acceptors (Lipinski definition) is 15. The molecule has 3 fully saturated rings. The first-order valence-corrected chi connectivity index (χ1v) is 21.5. The molecule has 3 aromatic carbocycles. The third kappa shape index (κ3) is 8.57. The van der Waals surface area contributed by atoms with E-state index in [4.69, 9.17) is 28.4 Å². The van der Waals surface area contributed by atoms with E-state index >= 15 is 4.79 Å². The quantitative estimate of drug-likeness (QED) is 0.131. The smallest absolute Gasteiger partial charge is 0.350 e. The van der Waals surface area contributed by atoms with E-state index in [1.165, 1.54) is 26.0 Å². The van der Waals surface area contributed by atoms with E-state index in [-0.39, 0.29) is 41.7 Å². The van der Waals surface area contributed by atoms with Gasteiger partial charge >= 0.3 is 29.8 Å². The highest BCUT2D eigenvalue weighted by molar-refractivity contribution is 5.95. The lowest BCUT2D eigenvalue weighted by Gasteiger charge is -2.64. The molecule has 0 radical (unpaired) electrons. The van der Waals surface area contributed by atoms with E-state index in [9.17, 15) is 39.0 Å². The zero-order valence-corrected chi connectivity index (χ0v) is 36.9. The number of fused-ring (bicyclic) bond motifs is 5. The maximum absolute atomic E-state index is 15.3. The number of aliphatic hydroxyl groups is 2. The van der Waals surface area contributed by atoms with Crippen molar-refractivity contribution in [2.75, 3.05) is 6.61 Å². The van der Waals surface area contributed by atoms with E-state index in [0.29, 0.717) is 5.56 Å². The molecule has 1 saturated heterocycles. The van der Waals surface area contributed by atoms with E-state index in [2.05, 4.69) is 5.32 Å². The van der Waals surface area contributed by atoms with E-state index in [0.717, 1.165) is 13.8 Å². The first-order valence-electron chi connectivity index (χ1n) is 21.5. The fourth-order valence-electron chi connectivity index (χ4n) is 10.1. The van der Waals surface area contributed by atoms with Gasteiger partial charge in [-0.15, -0.1) is 0 Å².